The molecule has 2 rings (SSSR count). The third-order valence-corrected chi connectivity index (χ3v) is 3.19. The smallest absolute Gasteiger partial charge is 0.219 e. The second kappa shape index (κ2) is 3.55. The Morgan fingerprint density at radius 1 is 1.64 bits per heavy atom. The third kappa shape index (κ3) is 1.79. The summed E-state index contributed by atoms with van der Waals surface area (Å²) in [6.45, 7) is 3.15. The minimum absolute atomic E-state index is 0.147. The molecule has 0 aromatic rings. The van der Waals surface area contributed by atoms with Crippen LogP contribution in [-0.2, 0) is 9.63 Å². The molecule has 2 heterocycles. The molecule has 0 atom stereocenters. The molecule has 1 fully saturated rings. The molecule has 1 N–H and O–H groups in total. The van der Waals surface area contributed by atoms with E-state index >= 15 is 0 Å². The van der Waals surface area contributed by atoms with Crippen LogP contribution in [0.25, 0.3) is 0 Å². The highest BCUT2D eigenvalue weighted by Crippen LogP contribution is 2.32. The molecule has 0 aliphatic carbocycles. The Bertz CT molecular complexity index is 283. The molecule has 1 spiro atoms. The Kier molecular flexibility index (Phi) is 2.53. The highest BCUT2D eigenvalue weighted by molar-refractivity contribution is 9.11. The van der Waals surface area contributed by atoms with Crippen molar-refractivity contribution >= 4 is 21.8 Å². The summed E-state index contributed by atoms with van der Waals surface area (Å²) in [6.07, 6.45) is 3.76. The van der Waals surface area contributed by atoms with E-state index in [-0.39, 0.29) is 11.5 Å². The molecule has 1 saturated heterocycles. The van der Waals surface area contributed by atoms with E-state index in [0.29, 0.717) is 0 Å². The molecule has 14 heavy (non-hydrogen) atoms. The molecular weight excluding hydrogens is 248 g/mol. The van der Waals surface area contributed by atoms with Crippen LogP contribution in [0.4, 0.5) is 0 Å². The summed E-state index contributed by atoms with van der Waals surface area (Å²) in [5.41, 5.74) is 2.59. The van der Waals surface area contributed by atoms with Crippen molar-refractivity contribution in [2.45, 2.75) is 25.4 Å². The van der Waals surface area contributed by atoms with Gasteiger partial charge in [0.1, 0.15) is 10.2 Å². The number of amides is 1. The van der Waals surface area contributed by atoms with Gasteiger partial charge in [-0.15, -0.1) is 0 Å². The monoisotopic (exact) mass is 260 g/mol. The number of hydrogen-bond donors (Lipinski definition) is 1. The van der Waals surface area contributed by atoms with Crippen molar-refractivity contribution in [1.82, 2.24) is 10.4 Å². The first-order chi connectivity index (χ1) is 6.61. The van der Waals surface area contributed by atoms with Crippen LogP contribution in [0.5, 0.6) is 0 Å². The summed E-state index contributed by atoms with van der Waals surface area (Å²) in [4.78, 5) is 18.5. The summed E-state index contributed by atoms with van der Waals surface area (Å²) in [6, 6.07) is 0. The van der Waals surface area contributed by atoms with Crippen molar-refractivity contribution in [1.29, 1.82) is 0 Å². The number of hydroxylamine groups is 1. The summed E-state index contributed by atoms with van der Waals surface area (Å²) in [5, 5.41) is 0. The Labute approximate surface area is 91.4 Å². The van der Waals surface area contributed by atoms with E-state index in [9.17, 15) is 4.79 Å². The van der Waals surface area contributed by atoms with E-state index in [1.54, 1.807) is 6.92 Å². The number of carbonyl (C=O) groups is 1. The number of likely N-dealkylation sites (tertiary alicyclic amines) is 1. The average molecular weight is 261 g/mol. The predicted octanol–water partition coefficient (Wildman–Crippen LogP) is 1.14. The number of nitrogens with one attached hydrogen (secondary N) is 1. The SMILES string of the molecule is CC(=O)N1CCC2(C=C(Br)NO2)CC1. The molecule has 0 unspecified atom stereocenters. The predicted molar refractivity (Wildman–Crippen MR) is 55.4 cm³/mol. The maximum Gasteiger partial charge on any atom is 0.219 e. The van der Waals surface area contributed by atoms with Gasteiger partial charge in [0.25, 0.3) is 0 Å². The van der Waals surface area contributed by atoms with Gasteiger partial charge in [0, 0.05) is 32.9 Å². The molecule has 78 valence electrons. The van der Waals surface area contributed by atoms with Crippen LogP contribution in [-0.4, -0.2) is 29.5 Å². The lowest BCUT2D eigenvalue weighted by Crippen LogP contribution is -2.46. The highest BCUT2D eigenvalue weighted by Gasteiger charge is 2.38. The normalized spacial score (nSPS) is 24.7. The lowest BCUT2D eigenvalue weighted by Gasteiger charge is -2.36. The highest BCUT2D eigenvalue weighted by atomic mass is 79.9. The number of halogens is 1. The number of carbonyl (C=O) groups excluding carboxylic acids is 1. The molecule has 0 radical (unpaired) electrons. The minimum atomic E-state index is -0.204. The van der Waals surface area contributed by atoms with E-state index in [1.807, 2.05) is 11.0 Å². The van der Waals surface area contributed by atoms with Crippen molar-refractivity contribution in [2.24, 2.45) is 0 Å². The minimum Gasteiger partial charge on any atom is -0.343 e. The zero-order valence-corrected chi connectivity index (χ0v) is 9.63. The molecule has 2 aliphatic rings. The fraction of sp³-hybridized carbons (Fsp3) is 0.667. The Balaban J connectivity index is 1.99. The van der Waals surface area contributed by atoms with E-state index in [1.165, 1.54) is 0 Å². The largest absolute Gasteiger partial charge is 0.343 e. The van der Waals surface area contributed by atoms with Gasteiger partial charge in [-0.25, -0.2) is 0 Å². The van der Waals surface area contributed by atoms with Gasteiger partial charge < -0.3 is 4.90 Å². The molecule has 0 saturated carbocycles. The van der Waals surface area contributed by atoms with E-state index < -0.39 is 0 Å². The summed E-state index contributed by atoms with van der Waals surface area (Å²) < 4.78 is 0.883. The maximum atomic E-state index is 11.1. The van der Waals surface area contributed by atoms with Crippen LogP contribution >= 0.6 is 15.9 Å². The standard InChI is InChI=1S/C9H13BrN2O2/c1-7(13)12-4-2-9(3-5-12)6-8(10)11-14-9/h6,11H,2-5H2,1H3. The number of rotatable bonds is 0. The Hall–Kier alpha value is -0.550. The summed E-state index contributed by atoms with van der Waals surface area (Å²) in [7, 11) is 0. The lowest BCUT2D eigenvalue weighted by atomic mass is 9.92. The number of piperidine rings is 1. The molecule has 4 nitrogen and oxygen atoms in total. The first kappa shape index (κ1) is 9.98. The van der Waals surface area contributed by atoms with Crippen LogP contribution in [0.1, 0.15) is 19.8 Å². The van der Waals surface area contributed by atoms with Crippen LogP contribution < -0.4 is 5.48 Å². The van der Waals surface area contributed by atoms with Crippen LogP contribution in [0.2, 0.25) is 0 Å². The molecule has 1 amide bonds. The van der Waals surface area contributed by atoms with Gasteiger partial charge in [-0.2, -0.15) is 0 Å². The van der Waals surface area contributed by atoms with Gasteiger partial charge in [0.2, 0.25) is 5.91 Å². The second-order valence-corrected chi connectivity index (χ2v) is 4.62. The molecule has 0 aromatic heterocycles. The van der Waals surface area contributed by atoms with E-state index in [2.05, 4.69) is 21.4 Å². The maximum absolute atomic E-state index is 11.1. The first-order valence-electron chi connectivity index (χ1n) is 4.69. The van der Waals surface area contributed by atoms with Crippen LogP contribution in [0, 0.1) is 0 Å². The van der Waals surface area contributed by atoms with Crippen LogP contribution in [0.15, 0.2) is 10.7 Å². The summed E-state index contributed by atoms with van der Waals surface area (Å²) in [5.74, 6) is 0.147. The van der Waals surface area contributed by atoms with Crippen molar-refractivity contribution < 1.29 is 9.63 Å². The Morgan fingerprint density at radius 2 is 2.29 bits per heavy atom. The zero-order valence-electron chi connectivity index (χ0n) is 8.05. The quantitative estimate of drug-likeness (QED) is 0.665. The van der Waals surface area contributed by atoms with Gasteiger partial charge in [-0.05, 0) is 22.0 Å². The molecule has 2 aliphatic heterocycles. The van der Waals surface area contributed by atoms with Gasteiger partial charge in [-0.3, -0.25) is 15.1 Å². The average Bonchev–Trinajstić information content (AvgIpc) is 2.48. The second-order valence-electron chi connectivity index (χ2n) is 3.77. The van der Waals surface area contributed by atoms with Crippen LogP contribution in [0.3, 0.4) is 0 Å². The van der Waals surface area contributed by atoms with Gasteiger partial charge in [0.15, 0.2) is 0 Å². The number of nitrogens with zero attached hydrogens (tertiary/aromatic N) is 1. The fourth-order valence-electron chi connectivity index (χ4n) is 1.89. The van der Waals surface area contributed by atoms with Gasteiger partial charge >= 0.3 is 0 Å². The molecular formula is C9H13BrN2O2. The van der Waals surface area contributed by atoms with Crippen molar-refractivity contribution in [3.8, 4) is 0 Å². The number of hydrogen-bond acceptors (Lipinski definition) is 3. The van der Waals surface area contributed by atoms with Gasteiger partial charge in [-0.1, -0.05) is 0 Å². The fourth-order valence-corrected chi connectivity index (χ4v) is 2.38. The zero-order chi connectivity index (χ0) is 10.2. The van der Waals surface area contributed by atoms with Crippen molar-refractivity contribution in [2.75, 3.05) is 13.1 Å². The molecule has 0 bridgehead atoms. The van der Waals surface area contributed by atoms with Gasteiger partial charge in [0.05, 0.1) is 0 Å². The first-order valence-corrected chi connectivity index (χ1v) is 5.48. The van der Waals surface area contributed by atoms with E-state index in [4.69, 9.17) is 4.84 Å². The van der Waals surface area contributed by atoms with Crippen molar-refractivity contribution in [3.63, 3.8) is 0 Å². The molecule has 5 heteroatoms. The van der Waals surface area contributed by atoms with Crippen molar-refractivity contribution in [3.05, 3.63) is 10.7 Å². The summed E-state index contributed by atoms with van der Waals surface area (Å²) >= 11 is 3.34. The molecule has 0 aromatic carbocycles. The third-order valence-electron chi connectivity index (χ3n) is 2.80. The Morgan fingerprint density at radius 3 is 2.71 bits per heavy atom. The lowest BCUT2D eigenvalue weighted by molar-refractivity contribution is -0.134. The van der Waals surface area contributed by atoms with E-state index in [0.717, 1.165) is 30.5 Å². The topological polar surface area (TPSA) is 41.6 Å².